The molecule has 106 valence electrons. The van der Waals surface area contributed by atoms with Crippen molar-refractivity contribution in [3.05, 3.63) is 17.7 Å². The van der Waals surface area contributed by atoms with Gasteiger partial charge in [-0.05, 0) is 13.8 Å². The second kappa shape index (κ2) is 5.69. The van der Waals surface area contributed by atoms with Gasteiger partial charge in [0.05, 0.1) is 0 Å². The second-order valence-electron chi connectivity index (χ2n) is 4.99. The summed E-state index contributed by atoms with van der Waals surface area (Å²) in [7, 11) is 1.57. The van der Waals surface area contributed by atoms with E-state index in [1.807, 2.05) is 4.90 Å². The van der Waals surface area contributed by atoms with Crippen LogP contribution in [0.1, 0.15) is 13.8 Å². The van der Waals surface area contributed by atoms with E-state index in [4.69, 9.17) is 0 Å². The maximum atomic E-state index is 13.8. The molecule has 0 aliphatic carbocycles. The van der Waals surface area contributed by atoms with Crippen LogP contribution >= 0.6 is 0 Å². The first-order valence-corrected chi connectivity index (χ1v) is 6.55. The van der Waals surface area contributed by atoms with Crippen molar-refractivity contribution in [2.45, 2.75) is 19.9 Å². The predicted octanol–water partition coefficient (Wildman–Crippen LogP) is 1.93. The minimum atomic E-state index is -0.662. The molecule has 2 rings (SSSR count). The highest BCUT2D eigenvalue weighted by atomic mass is 19.1. The highest BCUT2D eigenvalue weighted by Gasteiger charge is 2.23. The molecular weight excluding hydrogens is 250 g/mol. The van der Waals surface area contributed by atoms with E-state index in [9.17, 15) is 8.78 Å². The minimum absolute atomic E-state index is 0.0858. The van der Waals surface area contributed by atoms with Crippen molar-refractivity contribution in [1.82, 2.24) is 9.88 Å². The maximum absolute atomic E-state index is 13.8. The summed E-state index contributed by atoms with van der Waals surface area (Å²) >= 11 is 0. The van der Waals surface area contributed by atoms with Crippen molar-refractivity contribution >= 4 is 11.6 Å². The topological polar surface area (TPSA) is 31.4 Å². The summed E-state index contributed by atoms with van der Waals surface area (Å²) in [5, 5.41) is 2.64. The first-order valence-electron chi connectivity index (χ1n) is 6.55. The molecule has 0 aromatic carbocycles. The average Bonchev–Trinajstić information content (AvgIpc) is 2.39. The van der Waals surface area contributed by atoms with Gasteiger partial charge in [-0.3, -0.25) is 4.90 Å². The smallest absolute Gasteiger partial charge is 0.168 e. The average molecular weight is 270 g/mol. The van der Waals surface area contributed by atoms with Gasteiger partial charge in [0, 0.05) is 45.3 Å². The predicted molar refractivity (Wildman–Crippen MR) is 72.6 cm³/mol. The second-order valence-corrected chi connectivity index (χ2v) is 4.99. The first kappa shape index (κ1) is 14.0. The summed E-state index contributed by atoms with van der Waals surface area (Å²) in [6.07, 6.45) is 0. The first-order chi connectivity index (χ1) is 9.02. The summed E-state index contributed by atoms with van der Waals surface area (Å²) in [5.74, 6) is -0.948. The molecule has 1 aliphatic heterocycles. The number of pyridine rings is 1. The van der Waals surface area contributed by atoms with Gasteiger partial charge in [0.25, 0.3) is 0 Å². The lowest BCUT2D eigenvalue weighted by Crippen LogP contribution is -2.49. The van der Waals surface area contributed by atoms with Crippen LogP contribution in [-0.2, 0) is 0 Å². The third-order valence-electron chi connectivity index (χ3n) is 3.49. The van der Waals surface area contributed by atoms with Gasteiger partial charge < -0.3 is 10.2 Å². The Hall–Kier alpha value is -1.43. The summed E-state index contributed by atoms with van der Waals surface area (Å²) in [6, 6.07) is 1.38. The third kappa shape index (κ3) is 2.94. The van der Waals surface area contributed by atoms with Gasteiger partial charge in [-0.2, -0.15) is 0 Å². The fourth-order valence-electron chi connectivity index (χ4n) is 2.30. The highest BCUT2D eigenvalue weighted by Crippen LogP contribution is 2.23. The molecule has 1 N–H and O–H groups in total. The van der Waals surface area contributed by atoms with Crippen molar-refractivity contribution in [2.75, 3.05) is 43.4 Å². The lowest BCUT2D eigenvalue weighted by molar-refractivity contribution is 0.208. The van der Waals surface area contributed by atoms with E-state index in [2.05, 4.69) is 29.0 Å². The SMILES string of the molecule is CNc1nc(N2CCN(C(C)C)CC2)c(F)cc1F. The van der Waals surface area contributed by atoms with Crippen molar-refractivity contribution in [1.29, 1.82) is 0 Å². The Labute approximate surface area is 112 Å². The number of nitrogens with one attached hydrogen (secondary N) is 1. The number of piperazine rings is 1. The van der Waals surface area contributed by atoms with E-state index in [-0.39, 0.29) is 11.6 Å². The van der Waals surface area contributed by atoms with Crippen molar-refractivity contribution in [3.8, 4) is 0 Å². The Kier molecular flexibility index (Phi) is 4.19. The van der Waals surface area contributed by atoms with Crippen LogP contribution in [0.2, 0.25) is 0 Å². The summed E-state index contributed by atoms with van der Waals surface area (Å²) < 4.78 is 27.2. The van der Waals surface area contributed by atoms with Crippen LogP contribution in [0.3, 0.4) is 0 Å². The zero-order valence-electron chi connectivity index (χ0n) is 11.6. The molecule has 2 heterocycles. The Morgan fingerprint density at radius 2 is 1.79 bits per heavy atom. The van der Waals surface area contributed by atoms with Gasteiger partial charge in [0.1, 0.15) is 0 Å². The molecule has 0 radical (unpaired) electrons. The molecule has 0 unspecified atom stereocenters. The monoisotopic (exact) mass is 270 g/mol. The molecule has 4 nitrogen and oxygen atoms in total. The molecule has 1 aromatic heterocycles. The van der Waals surface area contributed by atoms with Crippen LogP contribution in [0.5, 0.6) is 0 Å². The maximum Gasteiger partial charge on any atom is 0.168 e. The number of nitrogens with zero attached hydrogens (tertiary/aromatic N) is 3. The molecule has 0 amide bonds. The lowest BCUT2D eigenvalue weighted by Gasteiger charge is -2.37. The van der Waals surface area contributed by atoms with Gasteiger partial charge in [0.2, 0.25) is 0 Å². The van der Waals surface area contributed by atoms with Crippen LogP contribution in [0.25, 0.3) is 0 Å². The number of anilines is 2. The largest absolute Gasteiger partial charge is 0.371 e. The van der Waals surface area contributed by atoms with Gasteiger partial charge in [0.15, 0.2) is 23.3 Å². The Bertz CT molecular complexity index is 443. The van der Waals surface area contributed by atoms with Crippen LogP contribution in [0, 0.1) is 11.6 Å². The van der Waals surface area contributed by atoms with E-state index in [1.165, 1.54) is 0 Å². The number of halogens is 2. The molecule has 0 bridgehead atoms. The van der Waals surface area contributed by atoms with Crippen LogP contribution in [0.4, 0.5) is 20.4 Å². The summed E-state index contributed by atoms with van der Waals surface area (Å²) in [6.45, 7) is 7.43. The quantitative estimate of drug-likeness (QED) is 0.909. The molecule has 6 heteroatoms. The molecule has 1 aromatic rings. The number of hydrogen-bond acceptors (Lipinski definition) is 4. The van der Waals surface area contributed by atoms with Crippen molar-refractivity contribution < 1.29 is 8.78 Å². The van der Waals surface area contributed by atoms with Gasteiger partial charge in [-0.15, -0.1) is 0 Å². The fourth-order valence-corrected chi connectivity index (χ4v) is 2.30. The van der Waals surface area contributed by atoms with E-state index in [1.54, 1.807) is 7.05 Å². The van der Waals surface area contributed by atoms with E-state index in [0.29, 0.717) is 19.1 Å². The number of aromatic nitrogens is 1. The molecule has 19 heavy (non-hydrogen) atoms. The van der Waals surface area contributed by atoms with Gasteiger partial charge in [-0.1, -0.05) is 0 Å². The fraction of sp³-hybridized carbons (Fsp3) is 0.615. The summed E-state index contributed by atoms with van der Waals surface area (Å²) in [5.41, 5.74) is 0. The van der Waals surface area contributed by atoms with Crippen molar-refractivity contribution in [3.63, 3.8) is 0 Å². The molecule has 0 saturated carbocycles. The van der Waals surface area contributed by atoms with E-state index in [0.717, 1.165) is 19.2 Å². The molecule has 1 aliphatic rings. The van der Waals surface area contributed by atoms with E-state index >= 15 is 0 Å². The minimum Gasteiger partial charge on any atom is -0.371 e. The lowest BCUT2D eigenvalue weighted by atomic mass is 10.2. The molecule has 0 atom stereocenters. The standard InChI is InChI=1S/C13H20F2N4/c1-9(2)18-4-6-19(7-5-18)13-11(15)8-10(14)12(16-3)17-13/h8-9H,4-7H2,1-3H3,(H,16,17). The molecular formula is C13H20F2N4. The van der Waals surface area contributed by atoms with Gasteiger partial charge >= 0.3 is 0 Å². The Balaban J connectivity index is 2.15. The van der Waals surface area contributed by atoms with Crippen LogP contribution < -0.4 is 10.2 Å². The van der Waals surface area contributed by atoms with Crippen LogP contribution in [-0.4, -0.2) is 49.2 Å². The Morgan fingerprint density at radius 3 is 2.32 bits per heavy atom. The van der Waals surface area contributed by atoms with Crippen molar-refractivity contribution in [2.24, 2.45) is 0 Å². The number of rotatable bonds is 3. The number of hydrogen-bond donors (Lipinski definition) is 1. The van der Waals surface area contributed by atoms with E-state index < -0.39 is 11.6 Å². The zero-order chi connectivity index (χ0) is 14.0. The zero-order valence-corrected chi connectivity index (χ0v) is 11.6. The molecule has 0 spiro atoms. The highest BCUT2D eigenvalue weighted by molar-refractivity contribution is 5.49. The summed E-state index contributed by atoms with van der Waals surface area (Å²) in [4.78, 5) is 8.23. The normalized spacial score (nSPS) is 17.1. The third-order valence-corrected chi connectivity index (χ3v) is 3.49. The van der Waals surface area contributed by atoms with Crippen LogP contribution in [0.15, 0.2) is 6.07 Å². The van der Waals surface area contributed by atoms with Gasteiger partial charge in [-0.25, -0.2) is 13.8 Å². The Morgan fingerprint density at radius 1 is 1.16 bits per heavy atom. The molecule has 1 saturated heterocycles. The molecule has 1 fully saturated rings.